The molecule has 0 spiro atoms. The summed E-state index contributed by atoms with van der Waals surface area (Å²) in [5.41, 5.74) is -0.869. The minimum atomic E-state index is -4.63. The lowest BCUT2D eigenvalue weighted by Crippen LogP contribution is -2.43. The third-order valence-corrected chi connectivity index (χ3v) is 4.70. The second-order valence-corrected chi connectivity index (χ2v) is 6.69. The van der Waals surface area contributed by atoms with E-state index in [4.69, 9.17) is 0 Å². The third kappa shape index (κ3) is 3.50. The third-order valence-electron chi connectivity index (χ3n) is 3.91. The van der Waals surface area contributed by atoms with Gasteiger partial charge in [-0.25, -0.2) is 4.39 Å². The van der Waals surface area contributed by atoms with Crippen LogP contribution in [0.15, 0.2) is 24.4 Å². The number of hydrogen-bond acceptors (Lipinski definition) is 2. The minimum Gasteiger partial charge on any atom is -0.305 e. The van der Waals surface area contributed by atoms with Gasteiger partial charge in [0.15, 0.2) is 0 Å². The van der Waals surface area contributed by atoms with Gasteiger partial charge in [-0.05, 0) is 53.3 Å². The summed E-state index contributed by atoms with van der Waals surface area (Å²) in [4.78, 5) is 14.0. The number of nitrogens with zero attached hydrogens (tertiary/aromatic N) is 3. The Kier molecular flexibility index (Phi) is 5.71. The fraction of sp³-hybridized carbons (Fsp3) is 0.333. The van der Waals surface area contributed by atoms with Gasteiger partial charge in [-0.3, -0.25) is 9.48 Å². The summed E-state index contributed by atoms with van der Waals surface area (Å²) in [5.74, 6) is -0.362. The van der Waals surface area contributed by atoms with Crippen molar-refractivity contribution >= 4 is 47.7 Å². The number of hydrogen-bond donors (Lipinski definition) is 0. The Morgan fingerprint density at radius 2 is 2.04 bits per heavy atom. The Morgan fingerprint density at radius 1 is 1.36 bits per heavy atom. The van der Waals surface area contributed by atoms with Gasteiger partial charge in [-0.2, -0.15) is 31.8 Å². The molecule has 1 aliphatic rings. The van der Waals surface area contributed by atoms with Crippen molar-refractivity contribution in [1.82, 2.24) is 9.78 Å². The quantitative estimate of drug-likeness (QED) is 0.468. The molecule has 10 heteroatoms. The molecule has 1 atom stereocenters. The lowest BCUT2D eigenvalue weighted by Gasteiger charge is -2.32. The molecule has 0 saturated heterocycles. The maximum atomic E-state index is 13.1. The fourth-order valence-corrected chi connectivity index (χ4v) is 3.39. The molecule has 0 bridgehead atoms. The Morgan fingerprint density at radius 3 is 2.64 bits per heavy atom. The maximum Gasteiger partial charge on any atom is 0.416 e. The molecule has 1 amide bonds. The van der Waals surface area contributed by atoms with Crippen LogP contribution >= 0.6 is 36.1 Å². The molecule has 0 unspecified atom stereocenters. The number of halogens is 5. The first-order valence-corrected chi connectivity index (χ1v) is 8.13. The van der Waals surface area contributed by atoms with Crippen molar-refractivity contribution in [3.63, 3.8) is 0 Å². The number of carbonyl (C=O) groups is 1. The van der Waals surface area contributed by atoms with Crippen LogP contribution in [-0.4, -0.2) is 22.2 Å². The number of fused-ring (bicyclic) bond motifs is 1. The van der Waals surface area contributed by atoms with E-state index in [1.807, 2.05) is 29.5 Å². The van der Waals surface area contributed by atoms with Gasteiger partial charge in [0.05, 0.1) is 21.4 Å². The smallest absolute Gasteiger partial charge is 0.305 e. The number of aromatic nitrogens is 2. The summed E-state index contributed by atoms with van der Waals surface area (Å²) in [5, 5.41) is 4.15. The molecule has 2 aromatic rings. The number of alkyl halides is 4. The van der Waals surface area contributed by atoms with Gasteiger partial charge in [0.1, 0.15) is 12.4 Å². The first-order valence-electron chi connectivity index (χ1n) is 7.05. The molecule has 1 aromatic carbocycles. The van der Waals surface area contributed by atoms with Gasteiger partial charge in [0.2, 0.25) is 0 Å². The molecule has 4 nitrogen and oxygen atoms in total. The molecular weight excluding hydrogens is 473 g/mol. The van der Waals surface area contributed by atoms with E-state index >= 15 is 0 Å². The first kappa shape index (κ1) is 20.0. The Bertz CT molecular complexity index is 809. The second kappa shape index (κ2) is 7.14. The number of amides is 1. The highest BCUT2D eigenvalue weighted by Gasteiger charge is 2.36. The maximum absolute atomic E-state index is 13.1. The zero-order valence-electron chi connectivity index (χ0n) is 12.9. The highest BCUT2D eigenvalue weighted by atomic mass is 127. The second-order valence-electron chi connectivity index (χ2n) is 5.52. The van der Waals surface area contributed by atoms with Crippen LogP contribution in [0.1, 0.15) is 34.6 Å². The molecule has 0 radical (unpaired) electrons. The molecule has 1 aromatic heterocycles. The van der Waals surface area contributed by atoms with E-state index in [9.17, 15) is 22.4 Å². The van der Waals surface area contributed by atoms with Crippen molar-refractivity contribution < 1.29 is 22.4 Å². The van der Waals surface area contributed by atoms with Crippen LogP contribution in [0.25, 0.3) is 0 Å². The normalized spacial score (nSPS) is 17.3. The van der Waals surface area contributed by atoms with E-state index < -0.39 is 24.0 Å². The van der Waals surface area contributed by atoms with Crippen molar-refractivity contribution in [2.45, 2.75) is 25.8 Å². The van der Waals surface area contributed by atoms with Crippen molar-refractivity contribution in [1.29, 1.82) is 0 Å². The Hall–Kier alpha value is -1.30. The van der Waals surface area contributed by atoms with Crippen LogP contribution in [0.2, 0.25) is 0 Å². The fourth-order valence-electron chi connectivity index (χ4n) is 2.79. The van der Waals surface area contributed by atoms with E-state index in [0.717, 1.165) is 12.1 Å². The molecule has 136 valence electrons. The van der Waals surface area contributed by atoms with Crippen LogP contribution in [0.4, 0.5) is 23.2 Å². The molecule has 1 aliphatic heterocycles. The monoisotopic (exact) mass is 487 g/mol. The summed E-state index contributed by atoms with van der Waals surface area (Å²) in [6, 6.07) is 2.97. The summed E-state index contributed by atoms with van der Waals surface area (Å²) in [6.45, 7) is 0.850. The van der Waals surface area contributed by atoms with E-state index in [1.54, 1.807) is 10.9 Å². The summed E-state index contributed by atoms with van der Waals surface area (Å²) < 4.78 is 54.0. The summed E-state index contributed by atoms with van der Waals surface area (Å²) in [7, 11) is 0. The van der Waals surface area contributed by atoms with Gasteiger partial charge in [0.25, 0.3) is 5.91 Å². The number of rotatable bonds is 2. The zero-order valence-corrected chi connectivity index (χ0v) is 16.1. The average Bonchev–Trinajstić information content (AvgIpc) is 2.92. The predicted octanol–water partition coefficient (Wildman–Crippen LogP) is 4.31. The highest BCUT2D eigenvalue weighted by molar-refractivity contribution is 14.1. The van der Waals surface area contributed by atoms with E-state index in [-0.39, 0.29) is 37.7 Å². The van der Waals surface area contributed by atoms with Crippen LogP contribution in [0, 0.1) is 3.57 Å². The molecular formula is C15H14F4IN3OS. The van der Waals surface area contributed by atoms with Crippen LogP contribution in [0.3, 0.4) is 0 Å². The van der Waals surface area contributed by atoms with Gasteiger partial charge in [0, 0.05) is 12.2 Å². The molecule has 0 fully saturated rings. The van der Waals surface area contributed by atoms with Gasteiger partial charge in [-0.1, -0.05) is 0 Å². The zero-order chi connectivity index (χ0) is 17.6. The number of benzene rings is 1. The molecule has 3 rings (SSSR count). The SMILES string of the molecule is C[C@H]1CN(c2ccc(C(F)(F)F)c(CF)c2)C(=O)c2c(I)cnn21.S. The topological polar surface area (TPSA) is 38.1 Å². The van der Waals surface area contributed by atoms with Gasteiger partial charge < -0.3 is 4.90 Å². The lowest BCUT2D eigenvalue weighted by molar-refractivity contribution is -0.138. The van der Waals surface area contributed by atoms with Crippen molar-refractivity contribution in [2.75, 3.05) is 11.4 Å². The lowest BCUT2D eigenvalue weighted by atomic mass is 10.1. The first-order chi connectivity index (χ1) is 11.2. The van der Waals surface area contributed by atoms with E-state index in [0.29, 0.717) is 9.26 Å². The molecule has 0 saturated carbocycles. The predicted molar refractivity (Wildman–Crippen MR) is 98.0 cm³/mol. The average molecular weight is 487 g/mol. The Balaban J connectivity index is 0.00000225. The van der Waals surface area contributed by atoms with E-state index in [1.165, 1.54) is 11.0 Å². The number of carbonyl (C=O) groups excluding carboxylic acids is 1. The minimum absolute atomic E-state index is 0. The standard InChI is InChI=1S/C15H12F4IN3O.H2S/c1-8-7-22(14(24)13-12(20)6-21-23(8)13)10-2-3-11(15(17,18)19)9(4-10)5-16;/h2-4,6,8H,5,7H2,1H3;1H2/t8-;/m0./s1. The Labute approximate surface area is 161 Å². The van der Waals surface area contributed by atoms with Crippen molar-refractivity contribution in [3.05, 3.63) is 44.8 Å². The van der Waals surface area contributed by atoms with Crippen LogP contribution < -0.4 is 4.90 Å². The number of anilines is 1. The van der Waals surface area contributed by atoms with E-state index in [2.05, 4.69) is 5.10 Å². The molecule has 2 heterocycles. The van der Waals surface area contributed by atoms with Crippen molar-refractivity contribution in [2.24, 2.45) is 0 Å². The van der Waals surface area contributed by atoms with Crippen molar-refractivity contribution in [3.8, 4) is 0 Å². The van der Waals surface area contributed by atoms with Crippen LogP contribution in [-0.2, 0) is 12.9 Å². The highest BCUT2D eigenvalue weighted by Crippen LogP contribution is 2.36. The van der Waals surface area contributed by atoms with Crippen LogP contribution in [0.5, 0.6) is 0 Å². The summed E-state index contributed by atoms with van der Waals surface area (Å²) >= 11 is 1.98. The molecule has 0 aliphatic carbocycles. The van der Waals surface area contributed by atoms with Gasteiger partial charge in [-0.15, -0.1) is 0 Å². The molecule has 0 N–H and O–H groups in total. The largest absolute Gasteiger partial charge is 0.416 e. The van der Waals surface area contributed by atoms with Gasteiger partial charge >= 0.3 is 6.18 Å². The summed E-state index contributed by atoms with van der Waals surface area (Å²) in [6.07, 6.45) is -3.07. The molecule has 25 heavy (non-hydrogen) atoms.